The van der Waals surface area contributed by atoms with Crippen LogP contribution in [0.5, 0.6) is 11.5 Å². The molecule has 0 aromatic heterocycles. The van der Waals surface area contributed by atoms with Gasteiger partial charge in [0, 0.05) is 24.3 Å². The molecule has 1 saturated heterocycles. The van der Waals surface area contributed by atoms with E-state index in [2.05, 4.69) is 10.2 Å². The molecule has 0 saturated carbocycles. The van der Waals surface area contributed by atoms with Crippen molar-refractivity contribution >= 4 is 28.9 Å². The van der Waals surface area contributed by atoms with Gasteiger partial charge in [-0.3, -0.25) is 4.79 Å². The first kappa shape index (κ1) is 18.4. The number of amides is 1. The van der Waals surface area contributed by atoms with Gasteiger partial charge in [0.05, 0.1) is 24.9 Å². The predicted molar refractivity (Wildman–Crippen MR) is 105 cm³/mol. The molecular weight excluding hydrogens is 352 g/mol. The molecule has 0 bridgehead atoms. The Morgan fingerprint density at radius 1 is 1.00 bits per heavy atom. The summed E-state index contributed by atoms with van der Waals surface area (Å²) in [5.41, 5.74) is 2.17. The topological polar surface area (TPSA) is 50.8 Å². The van der Waals surface area contributed by atoms with E-state index in [4.69, 9.17) is 21.1 Å². The summed E-state index contributed by atoms with van der Waals surface area (Å²) in [5, 5.41) is 3.53. The molecule has 0 spiro atoms. The summed E-state index contributed by atoms with van der Waals surface area (Å²) in [6, 6.07) is 10.7. The summed E-state index contributed by atoms with van der Waals surface area (Å²) in [4.78, 5) is 14.8. The Bertz CT molecular complexity index is 789. The van der Waals surface area contributed by atoms with Crippen molar-refractivity contribution in [3.8, 4) is 11.5 Å². The van der Waals surface area contributed by atoms with Gasteiger partial charge in [-0.2, -0.15) is 0 Å². The van der Waals surface area contributed by atoms with E-state index in [-0.39, 0.29) is 5.91 Å². The maximum atomic E-state index is 12.5. The molecule has 3 rings (SSSR count). The minimum Gasteiger partial charge on any atom is -0.493 e. The number of carbonyl (C=O) groups excluding carboxylic acids is 1. The number of nitrogens with one attached hydrogen (secondary N) is 1. The number of halogens is 1. The van der Waals surface area contributed by atoms with E-state index < -0.39 is 0 Å². The van der Waals surface area contributed by atoms with Gasteiger partial charge in [-0.1, -0.05) is 11.6 Å². The SMILES string of the molecule is COc1ccc(C(=O)Nc2ccc(N3CCCCC3)c(Cl)c2)cc1OC. The van der Waals surface area contributed by atoms with Crippen molar-refractivity contribution in [2.75, 3.05) is 37.5 Å². The molecule has 6 heteroatoms. The standard InChI is InChI=1S/C20H23ClN2O3/c1-25-18-9-6-14(12-19(18)26-2)20(24)22-15-7-8-17(16(21)13-15)23-10-4-3-5-11-23/h6-9,12-13H,3-5,10-11H2,1-2H3,(H,22,24). The van der Waals surface area contributed by atoms with Gasteiger partial charge < -0.3 is 19.7 Å². The molecule has 2 aromatic rings. The Morgan fingerprint density at radius 2 is 1.73 bits per heavy atom. The lowest BCUT2D eigenvalue weighted by atomic mass is 10.1. The van der Waals surface area contributed by atoms with Gasteiger partial charge >= 0.3 is 0 Å². The van der Waals surface area contributed by atoms with Gasteiger partial charge in [0.1, 0.15) is 0 Å². The number of hydrogen-bond donors (Lipinski definition) is 1. The fourth-order valence-electron chi connectivity index (χ4n) is 3.16. The Morgan fingerprint density at radius 3 is 2.38 bits per heavy atom. The number of hydrogen-bond acceptors (Lipinski definition) is 4. The molecule has 26 heavy (non-hydrogen) atoms. The number of ether oxygens (including phenoxy) is 2. The number of methoxy groups -OCH3 is 2. The van der Waals surface area contributed by atoms with Gasteiger partial charge in [0.25, 0.3) is 5.91 Å². The lowest BCUT2D eigenvalue weighted by Gasteiger charge is -2.29. The average Bonchev–Trinajstić information content (AvgIpc) is 2.68. The van der Waals surface area contributed by atoms with E-state index in [1.807, 2.05) is 12.1 Å². The number of benzene rings is 2. The van der Waals surface area contributed by atoms with Crippen LogP contribution in [0.3, 0.4) is 0 Å². The van der Waals surface area contributed by atoms with Gasteiger partial charge in [-0.05, 0) is 55.7 Å². The lowest BCUT2D eigenvalue weighted by Crippen LogP contribution is -2.29. The van der Waals surface area contributed by atoms with Crippen LogP contribution in [0.4, 0.5) is 11.4 Å². The van der Waals surface area contributed by atoms with Crippen molar-refractivity contribution in [3.63, 3.8) is 0 Å². The van der Waals surface area contributed by atoms with Crippen LogP contribution >= 0.6 is 11.6 Å². The third-order valence-electron chi connectivity index (χ3n) is 4.55. The average molecular weight is 375 g/mol. The van der Waals surface area contributed by atoms with Crippen molar-refractivity contribution in [1.29, 1.82) is 0 Å². The normalized spacial score (nSPS) is 14.0. The highest BCUT2D eigenvalue weighted by Gasteiger charge is 2.15. The predicted octanol–water partition coefficient (Wildman–Crippen LogP) is 4.60. The zero-order valence-electron chi connectivity index (χ0n) is 15.0. The van der Waals surface area contributed by atoms with Crippen LogP contribution in [0.2, 0.25) is 5.02 Å². The number of rotatable bonds is 5. The van der Waals surface area contributed by atoms with Crippen LogP contribution in [-0.4, -0.2) is 33.2 Å². The number of anilines is 2. The highest BCUT2D eigenvalue weighted by Crippen LogP contribution is 2.31. The summed E-state index contributed by atoms with van der Waals surface area (Å²) in [7, 11) is 3.10. The maximum Gasteiger partial charge on any atom is 0.255 e. The van der Waals surface area contributed by atoms with E-state index in [1.165, 1.54) is 19.3 Å². The van der Waals surface area contributed by atoms with Crippen LogP contribution in [-0.2, 0) is 0 Å². The Balaban J connectivity index is 1.74. The summed E-state index contributed by atoms with van der Waals surface area (Å²) in [5.74, 6) is 0.865. The lowest BCUT2D eigenvalue weighted by molar-refractivity contribution is 0.102. The van der Waals surface area contributed by atoms with E-state index in [1.54, 1.807) is 38.5 Å². The van der Waals surface area contributed by atoms with Crippen molar-refractivity contribution < 1.29 is 14.3 Å². The zero-order chi connectivity index (χ0) is 18.5. The molecule has 1 N–H and O–H groups in total. The van der Waals surface area contributed by atoms with Crippen LogP contribution in [0.1, 0.15) is 29.6 Å². The Labute approximate surface area is 158 Å². The first-order chi connectivity index (χ1) is 12.6. The third-order valence-corrected chi connectivity index (χ3v) is 4.85. The summed E-state index contributed by atoms with van der Waals surface area (Å²) < 4.78 is 10.4. The first-order valence-electron chi connectivity index (χ1n) is 8.70. The molecule has 0 unspecified atom stereocenters. The molecule has 1 amide bonds. The molecule has 1 heterocycles. The van der Waals surface area contributed by atoms with Crippen molar-refractivity contribution in [2.45, 2.75) is 19.3 Å². The molecule has 0 aliphatic carbocycles. The fraction of sp³-hybridized carbons (Fsp3) is 0.350. The summed E-state index contributed by atoms with van der Waals surface area (Å²) >= 11 is 6.45. The van der Waals surface area contributed by atoms with Crippen LogP contribution < -0.4 is 19.7 Å². The molecule has 0 radical (unpaired) electrons. The van der Waals surface area contributed by atoms with Gasteiger partial charge in [-0.15, -0.1) is 0 Å². The minimum atomic E-state index is -0.229. The maximum absolute atomic E-state index is 12.5. The fourth-order valence-corrected chi connectivity index (χ4v) is 3.46. The molecule has 1 aliphatic heterocycles. The molecule has 0 atom stereocenters. The van der Waals surface area contributed by atoms with Gasteiger partial charge in [0.2, 0.25) is 0 Å². The summed E-state index contributed by atoms with van der Waals surface area (Å²) in [6.45, 7) is 2.05. The molecular formula is C20H23ClN2O3. The molecule has 1 fully saturated rings. The van der Waals surface area contributed by atoms with Crippen LogP contribution in [0, 0.1) is 0 Å². The van der Waals surface area contributed by atoms with Crippen molar-refractivity contribution in [3.05, 3.63) is 47.0 Å². The third kappa shape index (κ3) is 4.05. The van der Waals surface area contributed by atoms with E-state index in [0.29, 0.717) is 27.8 Å². The highest BCUT2D eigenvalue weighted by molar-refractivity contribution is 6.33. The minimum absolute atomic E-state index is 0.229. The van der Waals surface area contributed by atoms with E-state index >= 15 is 0 Å². The monoisotopic (exact) mass is 374 g/mol. The number of piperidine rings is 1. The molecule has 1 aliphatic rings. The molecule has 2 aromatic carbocycles. The smallest absolute Gasteiger partial charge is 0.255 e. The second kappa shape index (κ2) is 8.32. The Hall–Kier alpha value is -2.40. The quantitative estimate of drug-likeness (QED) is 0.830. The zero-order valence-corrected chi connectivity index (χ0v) is 15.8. The van der Waals surface area contributed by atoms with E-state index in [9.17, 15) is 4.79 Å². The van der Waals surface area contributed by atoms with Crippen LogP contribution in [0.25, 0.3) is 0 Å². The number of nitrogens with zero attached hydrogens (tertiary/aromatic N) is 1. The molecule has 5 nitrogen and oxygen atoms in total. The summed E-state index contributed by atoms with van der Waals surface area (Å²) in [6.07, 6.45) is 3.65. The van der Waals surface area contributed by atoms with Gasteiger partial charge in [0.15, 0.2) is 11.5 Å². The number of carbonyl (C=O) groups is 1. The van der Waals surface area contributed by atoms with Crippen molar-refractivity contribution in [2.24, 2.45) is 0 Å². The highest BCUT2D eigenvalue weighted by atomic mass is 35.5. The largest absolute Gasteiger partial charge is 0.493 e. The van der Waals surface area contributed by atoms with Crippen LogP contribution in [0.15, 0.2) is 36.4 Å². The molecule has 138 valence electrons. The second-order valence-corrected chi connectivity index (χ2v) is 6.64. The van der Waals surface area contributed by atoms with Crippen molar-refractivity contribution in [1.82, 2.24) is 0 Å². The second-order valence-electron chi connectivity index (χ2n) is 6.24. The van der Waals surface area contributed by atoms with Gasteiger partial charge in [-0.25, -0.2) is 0 Å². The van der Waals surface area contributed by atoms with E-state index in [0.717, 1.165) is 18.8 Å². The first-order valence-corrected chi connectivity index (χ1v) is 9.08. The Kier molecular flexibility index (Phi) is 5.89.